The van der Waals surface area contributed by atoms with Gasteiger partial charge in [0.05, 0.1) is 10.9 Å². The van der Waals surface area contributed by atoms with Crippen LogP contribution in [0.1, 0.15) is 42.2 Å². The Kier molecular flexibility index (Phi) is 6.42. The minimum Gasteiger partial charge on any atom is -0.345 e. The molecule has 0 bridgehead atoms. The largest absolute Gasteiger partial charge is 0.345 e. The zero-order valence-corrected chi connectivity index (χ0v) is 17.4. The maximum Gasteiger partial charge on any atom is 0.251 e. The molecule has 0 fully saturated rings. The second-order valence-electron chi connectivity index (χ2n) is 6.46. The first kappa shape index (κ1) is 20.8. The van der Waals surface area contributed by atoms with E-state index >= 15 is 0 Å². The SMILES string of the molecule is CCN(CC)S(=O)(=O)c1ccc(C(=O)NC2CCSc3ccc(F)cc32)cc1. The molecule has 2 aromatic rings. The number of fused-ring (bicyclic) bond motifs is 1. The van der Waals surface area contributed by atoms with E-state index in [1.807, 2.05) is 0 Å². The van der Waals surface area contributed by atoms with Crippen molar-refractivity contribution < 1.29 is 17.6 Å². The van der Waals surface area contributed by atoms with Crippen molar-refractivity contribution in [2.75, 3.05) is 18.8 Å². The van der Waals surface area contributed by atoms with Gasteiger partial charge in [-0.1, -0.05) is 13.8 Å². The number of nitrogens with one attached hydrogen (secondary N) is 1. The molecule has 1 aliphatic heterocycles. The molecule has 2 aromatic carbocycles. The summed E-state index contributed by atoms with van der Waals surface area (Å²) >= 11 is 1.65. The van der Waals surface area contributed by atoms with E-state index in [0.717, 1.165) is 16.2 Å². The van der Waals surface area contributed by atoms with Crippen molar-refractivity contribution in [1.29, 1.82) is 0 Å². The van der Waals surface area contributed by atoms with Crippen LogP contribution in [0.5, 0.6) is 0 Å². The summed E-state index contributed by atoms with van der Waals surface area (Å²) in [4.78, 5) is 13.8. The average molecular weight is 423 g/mol. The van der Waals surface area contributed by atoms with Crippen LogP contribution in [0.25, 0.3) is 0 Å². The Morgan fingerprint density at radius 3 is 2.50 bits per heavy atom. The van der Waals surface area contributed by atoms with E-state index in [4.69, 9.17) is 0 Å². The predicted octanol–water partition coefficient (Wildman–Crippen LogP) is 3.82. The van der Waals surface area contributed by atoms with Gasteiger partial charge in [0.2, 0.25) is 10.0 Å². The Bertz CT molecular complexity index is 958. The number of amides is 1. The Balaban J connectivity index is 1.77. The first-order valence-corrected chi connectivity index (χ1v) is 11.6. The number of benzene rings is 2. The van der Waals surface area contributed by atoms with Crippen LogP contribution in [0.3, 0.4) is 0 Å². The lowest BCUT2D eigenvalue weighted by Crippen LogP contribution is -2.31. The van der Waals surface area contributed by atoms with Crippen molar-refractivity contribution in [1.82, 2.24) is 9.62 Å². The molecule has 8 heteroatoms. The molecule has 0 aromatic heterocycles. The molecular weight excluding hydrogens is 399 g/mol. The summed E-state index contributed by atoms with van der Waals surface area (Å²) in [5.41, 5.74) is 1.15. The van der Waals surface area contributed by atoms with Crippen LogP contribution < -0.4 is 5.32 Å². The van der Waals surface area contributed by atoms with Crippen molar-refractivity contribution in [2.24, 2.45) is 0 Å². The monoisotopic (exact) mass is 422 g/mol. The lowest BCUT2D eigenvalue weighted by Gasteiger charge is -2.26. The maximum atomic E-state index is 13.6. The number of carbonyl (C=O) groups excluding carboxylic acids is 1. The number of carbonyl (C=O) groups is 1. The summed E-state index contributed by atoms with van der Waals surface area (Å²) in [7, 11) is -3.56. The van der Waals surface area contributed by atoms with Crippen molar-refractivity contribution in [3.05, 3.63) is 59.4 Å². The molecule has 1 atom stereocenters. The topological polar surface area (TPSA) is 66.5 Å². The van der Waals surface area contributed by atoms with Crippen LogP contribution >= 0.6 is 11.8 Å². The van der Waals surface area contributed by atoms with Crippen LogP contribution in [0.4, 0.5) is 4.39 Å². The fraction of sp³-hybridized carbons (Fsp3) is 0.350. The number of nitrogens with zero attached hydrogens (tertiary/aromatic N) is 1. The van der Waals surface area contributed by atoms with Crippen molar-refractivity contribution in [3.63, 3.8) is 0 Å². The smallest absolute Gasteiger partial charge is 0.251 e. The molecule has 150 valence electrons. The summed E-state index contributed by atoms with van der Waals surface area (Å²) in [6, 6.07) is 10.3. The van der Waals surface area contributed by atoms with Crippen molar-refractivity contribution in [2.45, 2.75) is 36.1 Å². The second kappa shape index (κ2) is 8.63. The highest BCUT2D eigenvalue weighted by Gasteiger charge is 2.25. The highest BCUT2D eigenvalue weighted by Crippen LogP contribution is 2.36. The van der Waals surface area contributed by atoms with E-state index in [0.29, 0.717) is 25.1 Å². The van der Waals surface area contributed by atoms with Gasteiger partial charge in [-0.05, 0) is 54.4 Å². The number of hydrogen-bond acceptors (Lipinski definition) is 4. The van der Waals surface area contributed by atoms with Gasteiger partial charge in [0, 0.05) is 29.3 Å². The van der Waals surface area contributed by atoms with Crippen LogP contribution in [0.2, 0.25) is 0 Å². The number of sulfonamides is 1. The van der Waals surface area contributed by atoms with E-state index in [2.05, 4.69) is 5.32 Å². The Hall–Kier alpha value is -1.90. The summed E-state index contributed by atoms with van der Waals surface area (Å²) in [5.74, 6) is 0.204. The molecule has 3 rings (SSSR count). The standard InChI is InChI=1S/C20H23FN2O3S2/c1-3-23(4-2)28(25,26)16-8-5-14(6-9-16)20(24)22-18-11-12-27-19-10-7-15(21)13-17(18)19/h5-10,13,18H,3-4,11-12H2,1-2H3,(H,22,24). The lowest BCUT2D eigenvalue weighted by atomic mass is 10.0. The van der Waals surface area contributed by atoms with Crippen molar-refractivity contribution >= 4 is 27.7 Å². The number of rotatable bonds is 6. The van der Waals surface area contributed by atoms with E-state index in [9.17, 15) is 17.6 Å². The van der Waals surface area contributed by atoms with Gasteiger partial charge < -0.3 is 5.32 Å². The normalized spacial score (nSPS) is 16.6. The quantitative estimate of drug-likeness (QED) is 0.769. The van der Waals surface area contributed by atoms with Gasteiger partial charge in [-0.2, -0.15) is 4.31 Å². The molecule has 0 radical (unpaired) electrons. The van der Waals surface area contributed by atoms with E-state index in [-0.39, 0.29) is 22.7 Å². The second-order valence-corrected chi connectivity index (χ2v) is 9.53. The summed E-state index contributed by atoms with van der Waals surface area (Å²) in [6.07, 6.45) is 0.710. The zero-order chi connectivity index (χ0) is 20.3. The van der Waals surface area contributed by atoms with Gasteiger partial charge in [-0.25, -0.2) is 12.8 Å². The van der Waals surface area contributed by atoms with Crippen LogP contribution in [-0.4, -0.2) is 37.5 Å². The van der Waals surface area contributed by atoms with Gasteiger partial charge >= 0.3 is 0 Å². The minimum atomic E-state index is -3.56. The molecule has 5 nitrogen and oxygen atoms in total. The number of thioether (sulfide) groups is 1. The summed E-state index contributed by atoms with van der Waals surface area (Å²) in [6.45, 7) is 4.34. The Morgan fingerprint density at radius 1 is 1.18 bits per heavy atom. The third-order valence-electron chi connectivity index (χ3n) is 4.78. The van der Waals surface area contributed by atoms with Crippen LogP contribution in [0.15, 0.2) is 52.3 Å². The lowest BCUT2D eigenvalue weighted by molar-refractivity contribution is 0.0934. The molecule has 0 saturated carbocycles. The van der Waals surface area contributed by atoms with Gasteiger partial charge in [0.1, 0.15) is 5.82 Å². The van der Waals surface area contributed by atoms with Crippen LogP contribution in [0, 0.1) is 5.82 Å². The molecule has 0 aliphatic carbocycles. The zero-order valence-electron chi connectivity index (χ0n) is 15.8. The van der Waals surface area contributed by atoms with Gasteiger partial charge in [0.25, 0.3) is 5.91 Å². The molecule has 1 aliphatic rings. The van der Waals surface area contributed by atoms with E-state index in [1.54, 1.807) is 31.7 Å². The molecule has 1 N–H and O–H groups in total. The van der Waals surface area contributed by atoms with Gasteiger partial charge in [-0.15, -0.1) is 11.8 Å². The molecule has 1 heterocycles. The fourth-order valence-corrected chi connectivity index (χ4v) is 5.81. The molecule has 1 unspecified atom stereocenters. The first-order valence-electron chi connectivity index (χ1n) is 9.20. The Labute approximate surface area is 169 Å². The third-order valence-corrected chi connectivity index (χ3v) is 7.96. The summed E-state index contributed by atoms with van der Waals surface area (Å²) < 4.78 is 40.1. The third kappa shape index (κ3) is 4.24. The molecule has 0 spiro atoms. The van der Waals surface area contributed by atoms with Gasteiger partial charge in [0.15, 0.2) is 0 Å². The van der Waals surface area contributed by atoms with Crippen LogP contribution in [-0.2, 0) is 10.0 Å². The average Bonchev–Trinajstić information content (AvgIpc) is 2.69. The Morgan fingerprint density at radius 2 is 1.86 bits per heavy atom. The number of halogens is 1. The first-order chi connectivity index (χ1) is 13.4. The maximum absolute atomic E-state index is 13.6. The number of hydrogen-bond donors (Lipinski definition) is 1. The molecular formula is C20H23FN2O3S2. The molecule has 1 amide bonds. The molecule has 0 saturated heterocycles. The van der Waals surface area contributed by atoms with E-state index < -0.39 is 10.0 Å². The predicted molar refractivity (Wildman–Crippen MR) is 108 cm³/mol. The van der Waals surface area contributed by atoms with E-state index in [1.165, 1.54) is 40.7 Å². The fourth-order valence-electron chi connectivity index (χ4n) is 3.25. The highest BCUT2D eigenvalue weighted by molar-refractivity contribution is 7.99. The summed E-state index contributed by atoms with van der Waals surface area (Å²) in [5, 5.41) is 2.94. The molecule has 28 heavy (non-hydrogen) atoms. The van der Waals surface area contributed by atoms with Crippen molar-refractivity contribution in [3.8, 4) is 0 Å². The minimum absolute atomic E-state index is 0.161. The highest BCUT2D eigenvalue weighted by atomic mass is 32.2. The van der Waals surface area contributed by atoms with Gasteiger partial charge in [-0.3, -0.25) is 4.79 Å².